The smallest absolute Gasteiger partial charge is 0.387 e. The molecule has 8 nitrogen and oxygen atoms in total. The Kier molecular flexibility index (Phi) is 4.38. The Hall–Kier alpha value is -2.75. The van der Waals surface area contributed by atoms with Crippen LogP contribution in [0.4, 0.5) is 26.4 Å². The lowest BCUT2D eigenvalue weighted by Crippen LogP contribution is -2.49. The van der Waals surface area contributed by atoms with Crippen molar-refractivity contribution in [3.8, 4) is 17.0 Å². The molecule has 29 heavy (non-hydrogen) atoms. The summed E-state index contributed by atoms with van der Waals surface area (Å²) in [4.78, 5) is 17.8. The number of aliphatic hydroxyl groups excluding tert-OH is 1. The summed E-state index contributed by atoms with van der Waals surface area (Å²) in [6.45, 7) is -0.463. The Bertz CT molecular complexity index is 918. The van der Waals surface area contributed by atoms with E-state index in [9.17, 15) is 13.9 Å². The molecule has 4 fully saturated rings. The van der Waals surface area contributed by atoms with Crippen LogP contribution in [0.5, 0.6) is 5.75 Å². The van der Waals surface area contributed by atoms with Crippen molar-refractivity contribution in [2.75, 3.05) is 41.8 Å². The SMILES string of the molecule is Nc1ncc(-c2cc(N3CC(CO)C3)nc(N3CC4CC3C4)n2)cc1OC(F)F. The number of alkyl halides is 2. The number of pyridine rings is 1. The van der Waals surface area contributed by atoms with E-state index in [1.54, 1.807) is 0 Å². The van der Waals surface area contributed by atoms with Crippen molar-refractivity contribution in [2.24, 2.45) is 11.8 Å². The first-order valence-electron chi connectivity index (χ1n) is 9.72. The molecule has 0 spiro atoms. The minimum Gasteiger partial charge on any atom is -0.431 e. The number of rotatable bonds is 6. The minimum atomic E-state index is -2.99. The lowest BCUT2D eigenvalue weighted by atomic mass is 9.86. The highest BCUT2D eigenvalue weighted by atomic mass is 19.3. The van der Waals surface area contributed by atoms with Crippen LogP contribution in [0, 0.1) is 11.8 Å². The molecule has 3 saturated heterocycles. The van der Waals surface area contributed by atoms with Gasteiger partial charge in [-0.3, -0.25) is 0 Å². The number of hydrogen-bond donors (Lipinski definition) is 2. The fourth-order valence-electron chi connectivity index (χ4n) is 4.29. The first kappa shape index (κ1) is 18.3. The van der Waals surface area contributed by atoms with Crippen LogP contribution in [0.3, 0.4) is 0 Å². The number of aliphatic hydroxyl groups is 1. The third-order valence-corrected chi connectivity index (χ3v) is 6.00. The first-order chi connectivity index (χ1) is 14.0. The molecule has 2 bridgehead atoms. The molecule has 0 unspecified atom stereocenters. The van der Waals surface area contributed by atoms with E-state index in [0.29, 0.717) is 29.2 Å². The van der Waals surface area contributed by atoms with Gasteiger partial charge in [0, 0.05) is 56.0 Å². The summed E-state index contributed by atoms with van der Waals surface area (Å²) < 4.78 is 29.8. The lowest BCUT2D eigenvalue weighted by molar-refractivity contribution is -0.0494. The second kappa shape index (κ2) is 6.94. The maximum Gasteiger partial charge on any atom is 0.387 e. The number of fused-ring (bicyclic) bond motifs is 1. The average Bonchev–Trinajstić information content (AvgIpc) is 3.23. The molecule has 4 aliphatic rings. The van der Waals surface area contributed by atoms with Gasteiger partial charge in [0.15, 0.2) is 11.6 Å². The van der Waals surface area contributed by atoms with E-state index in [4.69, 9.17) is 15.7 Å². The molecule has 3 N–H and O–H groups in total. The van der Waals surface area contributed by atoms with E-state index < -0.39 is 6.61 Å². The third kappa shape index (κ3) is 3.31. The number of anilines is 3. The molecular formula is C19H22F2N6O2. The molecule has 0 radical (unpaired) electrons. The van der Waals surface area contributed by atoms with Crippen LogP contribution in [-0.2, 0) is 0 Å². The van der Waals surface area contributed by atoms with Gasteiger partial charge in [-0.1, -0.05) is 0 Å². The molecule has 0 aromatic carbocycles. The van der Waals surface area contributed by atoms with Gasteiger partial charge >= 0.3 is 6.61 Å². The summed E-state index contributed by atoms with van der Waals surface area (Å²) in [5.74, 6) is 2.06. The highest BCUT2D eigenvalue weighted by Gasteiger charge is 2.44. The highest BCUT2D eigenvalue weighted by Crippen LogP contribution is 2.43. The van der Waals surface area contributed by atoms with Crippen molar-refractivity contribution in [1.82, 2.24) is 15.0 Å². The Balaban J connectivity index is 1.51. The quantitative estimate of drug-likeness (QED) is 0.751. The van der Waals surface area contributed by atoms with Crippen molar-refractivity contribution in [3.05, 3.63) is 18.3 Å². The molecule has 1 saturated carbocycles. The molecule has 2 aromatic rings. The summed E-state index contributed by atoms with van der Waals surface area (Å²) in [6, 6.07) is 3.71. The second-order valence-electron chi connectivity index (χ2n) is 7.99. The predicted molar refractivity (Wildman–Crippen MR) is 103 cm³/mol. The van der Waals surface area contributed by atoms with Gasteiger partial charge in [-0.05, 0) is 24.8 Å². The standard InChI is InChI=1S/C19H22F2N6O2/c20-18(21)29-15-3-12(5-23-17(15)22)14-4-16(26-6-11(7-26)9-28)25-19(24-14)27-8-10-1-13(27)2-10/h3-5,10-11,13,18,28H,1-2,6-9H2,(H2,22,23). The third-order valence-electron chi connectivity index (χ3n) is 6.00. The van der Waals surface area contributed by atoms with E-state index in [1.807, 2.05) is 6.07 Å². The summed E-state index contributed by atoms with van der Waals surface area (Å²) >= 11 is 0. The summed E-state index contributed by atoms with van der Waals surface area (Å²) in [5, 5.41) is 9.32. The Morgan fingerprint density at radius 3 is 2.66 bits per heavy atom. The Morgan fingerprint density at radius 1 is 1.21 bits per heavy atom. The largest absolute Gasteiger partial charge is 0.431 e. The van der Waals surface area contributed by atoms with Crippen LogP contribution in [0.2, 0.25) is 0 Å². The molecule has 3 aliphatic heterocycles. The fraction of sp³-hybridized carbons (Fsp3) is 0.526. The number of aromatic nitrogens is 3. The van der Waals surface area contributed by atoms with Crippen molar-refractivity contribution < 1.29 is 18.6 Å². The zero-order chi connectivity index (χ0) is 20.1. The minimum absolute atomic E-state index is 0.0996. The van der Waals surface area contributed by atoms with Crippen molar-refractivity contribution in [3.63, 3.8) is 0 Å². The maximum atomic E-state index is 12.7. The second-order valence-corrected chi connectivity index (χ2v) is 7.99. The fourth-order valence-corrected chi connectivity index (χ4v) is 4.29. The van der Waals surface area contributed by atoms with Crippen LogP contribution < -0.4 is 20.3 Å². The van der Waals surface area contributed by atoms with Gasteiger partial charge < -0.3 is 25.4 Å². The van der Waals surface area contributed by atoms with Crippen LogP contribution in [0.15, 0.2) is 18.3 Å². The number of nitrogens with zero attached hydrogens (tertiary/aromatic N) is 5. The number of halogens is 2. The number of nitrogens with two attached hydrogens (primary N) is 1. The van der Waals surface area contributed by atoms with E-state index in [-0.39, 0.29) is 24.1 Å². The molecule has 2 aromatic heterocycles. The normalized spacial score (nSPS) is 23.3. The highest BCUT2D eigenvalue weighted by molar-refractivity contribution is 5.68. The molecular weight excluding hydrogens is 382 g/mol. The molecule has 0 atom stereocenters. The van der Waals surface area contributed by atoms with Gasteiger partial charge in [-0.2, -0.15) is 13.8 Å². The molecule has 1 aliphatic carbocycles. The van der Waals surface area contributed by atoms with E-state index in [2.05, 4.69) is 19.5 Å². The zero-order valence-electron chi connectivity index (χ0n) is 15.7. The molecule has 0 amide bonds. The molecule has 10 heteroatoms. The molecule has 5 heterocycles. The summed E-state index contributed by atoms with van der Waals surface area (Å²) in [5.41, 5.74) is 6.78. The monoisotopic (exact) mass is 404 g/mol. The lowest BCUT2D eigenvalue weighted by Gasteiger charge is -2.39. The Labute approximate surface area is 166 Å². The van der Waals surface area contributed by atoms with Gasteiger partial charge in [0.25, 0.3) is 0 Å². The average molecular weight is 404 g/mol. The van der Waals surface area contributed by atoms with Crippen LogP contribution in [-0.4, -0.2) is 59.0 Å². The molecule has 154 valence electrons. The van der Waals surface area contributed by atoms with Gasteiger partial charge in [-0.15, -0.1) is 0 Å². The Morgan fingerprint density at radius 2 is 2.00 bits per heavy atom. The topological polar surface area (TPSA) is 101 Å². The van der Waals surface area contributed by atoms with Gasteiger partial charge in [0.2, 0.25) is 5.95 Å². The maximum absolute atomic E-state index is 12.7. The van der Waals surface area contributed by atoms with Crippen LogP contribution >= 0.6 is 0 Å². The van der Waals surface area contributed by atoms with Crippen molar-refractivity contribution >= 4 is 17.6 Å². The van der Waals surface area contributed by atoms with Crippen molar-refractivity contribution in [2.45, 2.75) is 25.5 Å². The van der Waals surface area contributed by atoms with Gasteiger partial charge in [0.1, 0.15) is 5.82 Å². The summed E-state index contributed by atoms with van der Waals surface area (Å²) in [7, 11) is 0. The molecule has 6 rings (SSSR count). The number of hydrogen-bond acceptors (Lipinski definition) is 8. The van der Waals surface area contributed by atoms with Crippen LogP contribution in [0.1, 0.15) is 12.8 Å². The number of ether oxygens (including phenoxy) is 1. The van der Waals surface area contributed by atoms with E-state index in [1.165, 1.54) is 12.3 Å². The van der Waals surface area contributed by atoms with Crippen LogP contribution in [0.25, 0.3) is 11.3 Å². The zero-order valence-corrected chi connectivity index (χ0v) is 15.7. The first-order valence-corrected chi connectivity index (χ1v) is 9.72. The van der Waals surface area contributed by atoms with E-state index in [0.717, 1.165) is 38.3 Å². The predicted octanol–water partition coefficient (Wildman–Crippen LogP) is 1.75. The van der Waals surface area contributed by atoms with E-state index >= 15 is 0 Å². The van der Waals surface area contributed by atoms with Gasteiger partial charge in [0.05, 0.1) is 5.69 Å². The number of nitrogen functional groups attached to an aromatic ring is 1. The van der Waals surface area contributed by atoms with Gasteiger partial charge in [-0.25, -0.2) is 9.97 Å². The summed E-state index contributed by atoms with van der Waals surface area (Å²) in [6.07, 6.45) is 3.82. The van der Waals surface area contributed by atoms with Crippen molar-refractivity contribution in [1.29, 1.82) is 0 Å².